The highest BCUT2D eigenvalue weighted by Crippen LogP contribution is 2.34. The van der Waals surface area contributed by atoms with Crippen molar-refractivity contribution < 1.29 is 17.6 Å². The first-order chi connectivity index (χ1) is 19.6. The molecule has 5 rings (SSSR count). The average Bonchev–Trinajstić information content (AvgIpc) is 3.40. The Labute approximate surface area is 238 Å². The highest BCUT2D eigenvalue weighted by Gasteiger charge is 2.25. The number of amides is 1. The largest absolute Gasteiger partial charge is 0.359 e. The predicted octanol–water partition coefficient (Wildman–Crippen LogP) is 4.18. The second kappa shape index (κ2) is 11.6. The number of aromatic nitrogens is 3. The topological polar surface area (TPSA) is 123 Å². The Morgan fingerprint density at radius 1 is 1.12 bits per heavy atom. The molecule has 2 aromatic carbocycles. The van der Waals surface area contributed by atoms with E-state index in [1.165, 1.54) is 25.1 Å². The zero-order chi connectivity index (χ0) is 29.3. The fourth-order valence-electron chi connectivity index (χ4n) is 4.97. The van der Waals surface area contributed by atoms with Gasteiger partial charge in [-0.05, 0) is 44.7 Å². The number of carbonyl (C=O) groups excluding carboxylic acids is 1. The number of benzene rings is 2. The molecule has 0 spiro atoms. The summed E-state index contributed by atoms with van der Waals surface area (Å²) in [4.78, 5) is 29.4. The van der Waals surface area contributed by atoms with Crippen molar-refractivity contribution in [1.82, 2.24) is 24.8 Å². The molecule has 0 radical (unpaired) electrons. The van der Waals surface area contributed by atoms with Crippen LogP contribution < -0.4 is 10.6 Å². The first-order valence-electron chi connectivity index (χ1n) is 13.5. The maximum atomic E-state index is 15.1. The molecule has 1 unspecified atom stereocenters. The standard InChI is InChI=1S/C29H34FN7O3S/c1-5-41(39,40)24-11-7-9-22(25(24)30)34-29-32-16-18(2)26(35-29)21-17-31-27-20(21)8-6-10-23(27)33-28(38)19(3)37-14-12-36(4)13-15-37/h6-11,16-17,19,31H,5,12-15H2,1-4H3,(H,33,38)(H,32,34,35). The van der Waals surface area contributed by atoms with Crippen molar-refractivity contribution >= 4 is 44.0 Å². The van der Waals surface area contributed by atoms with Crippen molar-refractivity contribution in [3.05, 3.63) is 60.2 Å². The van der Waals surface area contributed by atoms with E-state index in [0.29, 0.717) is 11.4 Å². The number of nitrogens with zero attached hydrogens (tertiary/aromatic N) is 4. The molecule has 1 amide bonds. The molecule has 1 saturated heterocycles. The second-order valence-corrected chi connectivity index (χ2v) is 12.6. The van der Waals surface area contributed by atoms with E-state index in [-0.39, 0.29) is 34.2 Å². The van der Waals surface area contributed by atoms with Gasteiger partial charge in [0.15, 0.2) is 15.7 Å². The van der Waals surface area contributed by atoms with Crippen LogP contribution in [-0.4, -0.2) is 84.1 Å². The number of sulfone groups is 1. The number of aryl methyl sites for hydroxylation is 1. The fourth-order valence-corrected chi connectivity index (χ4v) is 5.94. The number of anilines is 3. The van der Waals surface area contributed by atoms with Gasteiger partial charge >= 0.3 is 0 Å². The van der Waals surface area contributed by atoms with E-state index in [1.807, 2.05) is 38.2 Å². The van der Waals surface area contributed by atoms with Crippen LogP contribution in [-0.2, 0) is 14.6 Å². The molecule has 0 saturated carbocycles. The molecule has 1 aliphatic rings. The van der Waals surface area contributed by atoms with E-state index < -0.39 is 15.7 Å². The highest BCUT2D eigenvalue weighted by atomic mass is 32.2. The highest BCUT2D eigenvalue weighted by molar-refractivity contribution is 7.91. The number of hydrogen-bond donors (Lipinski definition) is 3. The molecule has 0 bridgehead atoms. The summed E-state index contributed by atoms with van der Waals surface area (Å²) in [6, 6.07) is 9.57. The Kier molecular flexibility index (Phi) is 8.07. The molecule has 4 aromatic rings. The maximum Gasteiger partial charge on any atom is 0.241 e. The molecule has 10 nitrogen and oxygen atoms in total. The third-order valence-electron chi connectivity index (χ3n) is 7.59. The normalized spacial score (nSPS) is 15.6. The first kappa shape index (κ1) is 28.7. The van der Waals surface area contributed by atoms with Crippen LogP contribution in [0.5, 0.6) is 0 Å². The van der Waals surface area contributed by atoms with Crippen LogP contribution >= 0.6 is 0 Å². The van der Waals surface area contributed by atoms with Gasteiger partial charge in [-0.25, -0.2) is 22.8 Å². The first-order valence-corrected chi connectivity index (χ1v) is 15.2. The van der Waals surface area contributed by atoms with Crippen molar-refractivity contribution in [2.75, 3.05) is 49.6 Å². The van der Waals surface area contributed by atoms with Crippen molar-refractivity contribution in [3.63, 3.8) is 0 Å². The number of halogens is 1. The number of hydrogen-bond acceptors (Lipinski definition) is 8. The number of carbonyl (C=O) groups is 1. The number of rotatable bonds is 8. The molecule has 3 heterocycles. The Balaban J connectivity index is 1.42. The lowest BCUT2D eigenvalue weighted by molar-refractivity contribution is -0.121. The minimum Gasteiger partial charge on any atom is -0.359 e. The van der Waals surface area contributed by atoms with Gasteiger partial charge in [0.05, 0.1) is 34.4 Å². The fraction of sp³-hybridized carbons (Fsp3) is 0.345. The van der Waals surface area contributed by atoms with E-state index in [9.17, 15) is 13.2 Å². The molecule has 0 aliphatic carbocycles. The molecule has 1 aliphatic heterocycles. The lowest BCUT2D eigenvalue weighted by Gasteiger charge is -2.35. The van der Waals surface area contributed by atoms with Crippen LogP contribution in [0.4, 0.5) is 21.7 Å². The van der Waals surface area contributed by atoms with Crippen molar-refractivity contribution in [2.45, 2.75) is 31.7 Å². The average molecular weight is 580 g/mol. The third-order valence-corrected chi connectivity index (χ3v) is 9.34. The van der Waals surface area contributed by atoms with Crippen LogP contribution in [0.1, 0.15) is 19.4 Å². The van der Waals surface area contributed by atoms with Crippen LogP contribution in [0.2, 0.25) is 0 Å². The summed E-state index contributed by atoms with van der Waals surface area (Å²) in [5.41, 5.74) is 3.58. The zero-order valence-corrected chi connectivity index (χ0v) is 24.3. The summed E-state index contributed by atoms with van der Waals surface area (Å²) in [6.07, 6.45) is 3.44. The van der Waals surface area contributed by atoms with Crippen LogP contribution in [0.15, 0.2) is 53.7 Å². The molecule has 2 aromatic heterocycles. The van der Waals surface area contributed by atoms with Crippen LogP contribution in [0.3, 0.4) is 0 Å². The van der Waals surface area contributed by atoms with Gasteiger partial charge in [-0.3, -0.25) is 9.69 Å². The summed E-state index contributed by atoms with van der Waals surface area (Å²) < 4.78 is 39.7. The summed E-state index contributed by atoms with van der Waals surface area (Å²) >= 11 is 0. The molecular formula is C29H34FN7O3S. The molecule has 41 heavy (non-hydrogen) atoms. The quantitative estimate of drug-likeness (QED) is 0.284. The van der Waals surface area contributed by atoms with Gasteiger partial charge < -0.3 is 20.5 Å². The Morgan fingerprint density at radius 3 is 2.56 bits per heavy atom. The minimum atomic E-state index is -3.74. The van der Waals surface area contributed by atoms with E-state index in [2.05, 4.69) is 42.4 Å². The van der Waals surface area contributed by atoms with E-state index in [1.54, 1.807) is 6.20 Å². The van der Waals surface area contributed by atoms with Gasteiger partial charge in [0.25, 0.3) is 0 Å². The zero-order valence-electron chi connectivity index (χ0n) is 23.5. The lowest BCUT2D eigenvalue weighted by Crippen LogP contribution is -2.51. The van der Waals surface area contributed by atoms with Gasteiger partial charge in [0.1, 0.15) is 4.90 Å². The summed E-state index contributed by atoms with van der Waals surface area (Å²) in [6.45, 7) is 8.81. The van der Waals surface area contributed by atoms with Crippen LogP contribution in [0.25, 0.3) is 22.2 Å². The van der Waals surface area contributed by atoms with Crippen molar-refractivity contribution in [2.24, 2.45) is 0 Å². The minimum absolute atomic E-state index is 0.0345. The molecule has 1 atom stereocenters. The SMILES string of the molecule is CCS(=O)(=O)c1cccc(Nc2ncc(C)c(-c3c[nH]c4c(NC(=O)C(C)N5CCN(C)CC5)cccc34)n2)c1F. The molecular weight excluding hydrogens is 545 g/mol. The number of aromatic amines is 1. The number of piperazine rings is 1. The molecule has 12 heteroatoms. The van der Waals surface area contributed by atoms with Gasteiger partial charge in [-0.15, -0.1) is 0 Å². The van der Waals surface area contributed by atoms with E-state index in [0.717, 1.165) is 48.2 Å². The van der Waals surface area contributed by atoms with Gasteiger partial charge in [-0.1, -0.05) is 25.1 Å². The van der Waals surface area contributed by atoms with Gasteiger partial charge in [0.2, 0.25) is 11.9 Å². The predicted molar refractivity (Wildman–Crippen MR) is 159 cm³/mol. The van der Waals surface area contributed by atoms with E-state index in [4.69, 9.17) is 0 Å². The van der Waals surface area contributed by atoms with Crippen molar-refractivity contribution in [3.8, 4) is 11.3 Å². The lowest BCUT2D eigenvalue weighted by atomic mass is 10.1. The summed E-state index contributed by atoms with van der Waals surface area (Å²) in [5.74, 6) is -1.04. The number of nitrogens with one attached hydrogen (secondary N) is 3. The smallest absolute Gasteiger partial charge is 0.241 e. The van der Waals surface area contributed by atoms with E-state index >= 15 is 4.39 Å². The summed E-state index contributed by atoms with van der Waals surface area (Å²) in [7, 11) is -1.66. The number of fused-ring (bicyclic) bond motifs is 1. The molecule has 3 N–H and O–H groups in total. The molecule has 216 valence electrons. The molecule has 1 fully saturated rings. The van der Waals surface area contributed by atoms with Gasteiger partial charge in [0, 0.05) is 49.5 Å². The Morgan fingerprint density at radius 2 is 1.83 bits per heavy atom. The number of likely N-dealkylation sites (N-methyl/N-ethyl adjacent to an activating group) is 1. The third kappa shape index (κ3) is 5.81. The second-order valence-electron chi connectivity index (χ2n) is 10.3. The monoisotopic (exact) mass is 579 g/mol. The van der Waals surface area contributed by atoms with Crippen molar-refractivity contribution in [1.29, 1.82) is 0 Å². The summed E-state index contributed by atoms with van der Waals surface area (Å²) in [5, 5.41) is 6.77. The Hall–Kier alpha value is -3.87. The maximum absolute atomic E-state index is 15.1. The number of para-hydroxylation sites is 1. The van der Waals surface area contributed by atoms with Crippen LogP contribution in [0, 0.1) is 12.7 Å². The number of H-pyrrole nitrogens is 1. The van der Waals surface area contributed by atoms with Gasteiger partial charge in [-0.2, -0.15) is 0 Å². The Bertz CT molecular complexity index is 1700.